The van der Waals surface area contributed by atoms with Crippen molar-refractivity contribution in [3.8, 4) is 0 Å². The molecule has 1 aliphatic heterocycles. The Bertz CT molecular complexity index is 559. The van der Waals surface area contributed by atoms with Crippen molar-refractivity contribution in [2.75, 3.05) is 0 Å². The Labute approximate surface area is 119 Å². The molecule has 2 N–H and O–H groups in total. The summed E-state index contributed by atoms with van der Waals surface area (Å²) in [6.07, 6.45) is 0. The maximum Gasteiger partial charge on any atom is 0.256 e. The molecule has 2 rings (SSSR count). The molecule has 4 nitrogen and oxygen atoms in total. The topological polar surface area (TPSA) is 53.5 Å². The molecule has 1 unspecified atom stereocenters. The van der Waals surface area contributed by atoms with E-state index >= 15 is 0 Å². The number of carbonyl (C=O) groups excluding carboxylic acids is 1. The van der Waals surface area contributed by atoms with Crippen LogP contribution in [0.3, 0.4) is 0 Å². The van der Waals surface area contributed by atoms with Crippen LogP contribution >= 0.6 is 15.9 Å². The molecule has 1 heterocycles. The first-order chi connectivity index (χ1) is 8.83. The van der Waals surface area contributed by atoms with Crippen molar-refractivity contribution in [2.24, 2.45) is 4.99 Å². The van der Waals surface area contributed by atoms with Gasteiger partial charge in [-0.05, 0) is 32.9 Å². The van der Waals surface area contributed by atoms with E-state index in [2.05, 4.69) is 31.6 Å². The number of halogens is 2. The maximum absolute atomic E-state index is 13.1. The summed E-state index contributed by atoms with van der Waals surface area (Å²) < 4.78 is 13.7. The quantitative estimate of drug-likeness (QED) is 0.875. The number of carbonyl (C=O) groups is 1. The van der Waals surface area contributed by atoms with Gasteiger partial charge in [-0.3, -0.25) is 15.1 Å². The number of rotatable bonds is 2. The number of amides is 1. The van der Waals surface area contributed by atoms with Crippen molar-refractivity contribution < 1.29 is 9.18 Å². The number of aliphatic imine (C=N–C) groups is 1. The molecular formula is C13H15BrFN3O. The molecule has 0 saturated carbocycles. The smallest absolute Gasteiger partial charge is 0.256 e. The molecule has 102 valence electrons. The van der Waals surface area contributed by atoms with Crippen molar-refractivity contribution in [3.05, 3.63) is 34.1 Å². The second-order valence-corrected chi connectivity index (χ2v) is 5.75. The summed E-state index contributed by atoms with van der Waals surface area (Å²) in [5, 5.41) is 5.76. The summed E-state index contributed by atoms with van der Waals surface area (Å²) in [5.41, 5.74) is -0.291. The van der Waals surface area contributed by atoms with Gasteiger partial charge in [-0.1, -0.05) is 22.0 Å². The Kier molecular flexibility index (Phi) is 3.62. The van der Waals surface area contributed by atoms with Crippen LogP contribution in [-0.4, -0.2) is 17.9 Å². The lowest BCUT2D eigenvalue weighted by Gasteiger charge is -2.23. The van der Waals surface area contributed by atoms with E-state index in [0.717, 1.165) is 0 Å². The molecular weight excluding hydrogens is 313 g/mol. The van der Waals surface area contributed by atoms with Crippen LogP contribution < -0.4 is 10.6 Å². The van der Waals surface area contributed by atoms with E-state index in [0.29, 0.717) is 16.0 Å². The molecule has 19 heavy (non-hydrogen) atoms. The van der Waals surface area contributed by atoms with Gasteiger partial charge in [0.1, 0.15) is 11.4 Å². The molecule has 1 atom stereocenters. The van der Waals surface area contributed by atoms with Gasteiger partial charge in [-0.25, -0.2) is 4.39 Å². The first-order valence-corrected chi connectivity index (χ1v) is 6.75. The highest BCUT2D eigenvalue weighted by Gasteiger charge is 2.43. The van der Waals surface area contributed by atoms with Crippen LogP contribution in [0.5, 0.6) is 0 Å². The third-order valence-electron chi connectivity index (χ3n) is 2.91. The molecule has 1 fully saturated rings. The zero-order chi connectivity index (χ0) is 14.2. The van der Waals surface area contributed by atoms with Gasteiger partial charge < -0.3 is 5.32 Å². The molecule has 1 aromatic rings. The minimum atomic E-state index is -0.958. The predicted octanol–water partition coefficient (Wildman–Crippen LogP) is 2.29. The Morgan fingerprint density at radius 3 is 2.68 bits per heavy atom. The fourth-order valence-corrected chi connectivity index (χ4v) is 2.71. The van der Waals surface area contributed by atoms with Gasteiger partial charge in [0, 0.05) is 16.1 Å². The summed E-state index contributed by atoms with van der Waals surface area (Å²) in [7, 11) is 0. The molecule has 6 heteroatoms. The van der Waals surface area contributed by atoms with E-state index in [1.807, 2.05) is 13.8 Å². The van der Waals surface area contributed by atoms with Crippen molar-refractivity contribution in [1.29, 1.82) is 0 Å². The molecule has 1 amide bonds. The fourth-order valence-electron chi connectivity index (χ4n) is 1.96. The Morgan fingerprint density at radius 1 is 1.42 bits per heavy atom. The van der Waals surface area contributed by atoms with Crippen LogP contribution in [0.25, 0.3) is 0 Å². The molecule has 0 bridgehead atoms. The van der Waals surface area contributed by atoms with Crippen LogP contribution in [0.2, 0.25) is 0 Å². The zero-order valence-corrected chi connectivity index (χ0v) is 12.5. The van der Waals surface area contributed by atoms with Gasteiger partial charge in [-0.15, -0.1) is 0 Å². The highest BCUT2D eigenvalue weighted by atomic mass is 79.9. The SMILES string of the molecule is CC(C)N=C1NC(=O)C(C)(c2ccc(F)cc2Br)N1. The van der Waals surface area contributed by atoms with Gasteiger partial charge in [0.2, 0.25) is 0 Å². The lowest BCUT2D eigenvalue weighted by molar-refractivity contribution is -0.123. The van der Waals surface area contributed by atoms with Gasteiger partial charge in [0.25, 0.3) is 5.91 Å². The van der Waals surface area contributed by atoms with Crippen LogP contribution in [0.4, 0.5) is 4.39 Å². The summed E-state index contributed by atoms with van der Waals surface area (Å²) >= 11 is 3.29. The van der Waals surface area contributed by atoms with E-state index in [1.165, 1.54) is 12.1 Å². The first-order valence-electron chi connectivity index (χ1n) is 5.96. The normalized spacial score (nSPS) is 24.7. The zero-order valence-electron chi connectivity index (χ0n) is 10.9. The second kappa shape index (κ2) is 4.92. The van der Waals surface area contributed by atoms with Gasteiger partial charge in [-0.2, -0.15) is 0 Å². The minimum Gasteiger partial charge on any atom is -0.338 e. The van der Waals surface area contributed by atoms with Gasteiger partial charge in [0.05, 0.1) is 0 Å². The average molecular weight is 328 g/mol. The van der Waals surface area contributed by atoms with Crippen molar-refractivity contribution in [1.82, 2.24) is 10.6 Å². The molecule has 1 saturated heterocycles. The minimum absolute atomic E-state index is 0.0711. The number of nitrogens with one attached hydrogen (secondary N) is 2. The Morgan fingerprint density at radius 2 is 2.11 bits per heavy atom. The lowest BCUT2D eigenvalue weighted by Crippen LogP contribution is -2.41. The van der Waals surface area contributed by atoms with E-state index < -0.39 is 5.54 Å². The number of hydrogen-bond acceptors (Lipinski definition) is 2. The van der Waals surface area contributed by atoms with Crippen molar-refractivity contribution >= 4 is 27.8 Å². The lowest BCUT2D eigenvalue weighted by atomic mass is 9.92. The fraction of sp³-hybridized carbons (Fsp3) is 0.385. The summed E-state index contributed by atoms with van der Waals surface area (Å²) in [4.78, 5) is 16.4. The third kappa shape index (κ3) is 2.63. The van der Waals surface area contributed by atoms with E-state index in [4.69, 9.17) is 0 Å². The van der Waals surface area contributed by atoms with Gasteiger partial charge >= 0.3 is 0 Å². The molecule has 0 spiro atoms. The standard InChI is InChI=1S/C13H15BrFN3O/c1-7(2)16-12-17-11(19)13(3,18-12)9-5-4-8(15)6-10(9)14/h4-7H,1-3H3,(H2,16,17,18,19). The number of benzene rings is 1. The first kappa shape index (κ1) is 14.0. The largest absolute Gasteiger partial charge is 0.338 e. The van der Waals surface area contributed by atoms with Crippen LogP contribution in [0, 0.1) is 5.82 Å². The van der Waals surface area contributed by atoms with Crippen molar-refractivity contribution in [2.45, 2.75) is 32.4 Å². The maximum atomic E-state index is 13.1. The predicted molar refractivity (Wildman–Crippen MR) is 75.3 cm³/mol. The highest BCUT2D eigenvalue weighted by Crippen LogP contribution is 2.31. The van der Waals surface area contributed by atoms with Crippen LogP contribution in [0.15, 0.2) is 27.7 Å². The Hall–Kier alpha value is -1.43. The van der Waals surface area contributed by atoms with Gasteiger partial charge in [0.15, 0.2) is 5.96 Å². The monoisotopic (exact) mass is 327 g/mol. The number of hydrogen-bond donors (Lipinski definition) is 2. The van der Waals surface area contributed by atoms with E-state index in [1.54, 1.807) is 13.0 Å². The van der Waals surface area contributed by atoms with E-state index in [9.17, 15) is 9.18 Å². The molecule has 1 aliphatic rings. The number of guanidine groups is 1. The van der Waals surface area contributed by atoms with Crippen LogP contribution in [0.1, 0.15) is 26.3 Å². The summed E-state index contributed by atoms with van der Waals surface area (Å²) in [6.45, 7) is 5.58. The second-order valence-electron chi connectivity index (χ2n) is 4.90. The third-order valence-corrected chi connectivity index (χ3v) is 3.57. The summed E-state index contributed by atoms with van der Waals surface area (Å²) in [5.74, 6) is -0.119. The number of nitrogens with zero attached hydrogens (tertiary/aromatic N) is 1. The average Bonchev–Trinajstić information content (AvgIpc) is 2.53. The molecule has 1 aromatic carbocycles. The molecule has 0 aromatic heterocycles. The highest BCUT2D eigenvalue weighted by molar-refractivity contribution is 9.10. The molecule has 0 radical (unpaired) electrons. The summed E-state index contributed by atoms with van der Waals surface area (Å²) in [6, 6.07) is 4.33. The molecule has 0 aliphatic carbocycles. The van der Waals surface area contributed by atoms with E-state index in [-0.39, 0.29) is 17.8 Å². The van der Waals surface area contributed by atoms with Crippen LogP contribution in [-0.2, 0) is 10.3 Å². The van der Waals surface area contributed by atoms with Crippen molar-refractivity contribution in [3.63, 3.8) is 0 Å². The Balaban J connectivity index is 2.40.